The SMILES string of the molecule is CC(C)S(=O)(=O)NCCOCCNc1nc2c(s1)CCCc1ccc(F)cc1-2. The van der Waals surface area contributed by atoms with Gasteiger partial charge in [-0.05, 0) is 50.8 Å². The highest BCUT2D eigenvalue weighted by molar-refractivity contribution is 7.90. The summed E-state index contributed by atoms with van der Waals surface area (Å²) >= 11 is 1.60. The summed E-state index contributed by atoms with van der Waals surface area (Å²) in [5.74, 6) is -0.240. The molecule has 0 bridgehead atoms. The van der Waals surface area contributed by atoms with E-state index < -0.39 is 15.3 Å². The second-order valence-corrected chi connectivity index (χ2v) is 10.4. The Bertz CT molecular complexity index is 913. The van der Waals surface area contributed by atoms with Gasteiger partial charge in [0.25, 0.3) is 0 Å². The average molecular weight is 428 g/mol. The van der Waals surface area contributed by atoms with E-state index in [1.807, 2.05) is 6.07 Å². The topological polar surface area (TPSA) is 80.3 Å². The van der Waals surface area contributed by atoms with Gasteiger partial charge in [-0.1, -0.05) is 6.07 Å². The van der Waals surface area contributed by atoms with E-state index in [1.165, 1.54) is 10.9 Å². The quantitative estimate of drug-likeness (QED) is 0.601. The van der Waals surface area contributed by atoms with Crippen molar-refractivity contribution in [3.05, 3.63) is 34.5 Å². The highest BCUT2D eigenvalue weighted by Gasteiger charge is 2.20. The number of aryl methyl sites for hydroxylation is 2. The number of fused-ring (bicyclic) bond motifs is 3. The largest absolute Gasteiger partial charge is 0.378 e. The van der Waals surface area contributed by atoms with E-state index in [9.17, 15) is 12.8 Å². The second-order valence-electron chi connectivity index (χ2n) is 6.97. The highest BCUT2D eigenvalue weighted by atomic mass is 32.2. The molecule has 0 saturated carbocycles. The van der Waals surface area contributed by atoms with E-state index in [-0.39, 0.29) is 12.4 Å². The summed E-state index contributed by atoms with van der Waals surface area (Å²) in [5.41, 5.74) is 2.91. The zero-order chi connectivity index (χ0) is 20.1. The highest BCUT2D eigenvalue weighted by Crippen LogP contribution is 2.37. The smallest absolute Gasteiger partial charge is 0.214 e. The minimum absolute atomic E-state index is 0.240. The molecule has 0 aliphatic heterocycles. The fourth-order valence-corrected chi connectivity index (χ4v) is 4.73. The summed E-state index contributed by atoms with van der Waals surface area (Å²) in [5, 5.41) is 3.59. The van der Waals surface area contributed by atoms with Crippen LogP contribution in [0.1, 0.15) is 30.7 Å². The Hall–Kier alpha value is -1.55. The number of halogens is 1. The van der Waals surface area contributed by atoms with Crippen LogP contribution in [0, 0.1) is 5.82 Å². The van der Waals surface area contributed by atoms with Crippen molar-refractivity contribution < 1.29 is 17.5 Å². The van der Waals surface area contributed by atoms with Gasteiger partial charge in [-0.25, -0.2) is 22.5 Å². The molecule has 0 unspecified atom stereocenters. The van der Waals surface area contributed by atoms with Crippen LogP contribution in [0.25, 0.3) is 11.3 Å². The van der Waals surface area contributed by atoms with Crippen LogP contribution in [0.2, 0.25) is 0 Å². The lowest BCUT2D eigenvalue weighted by molar-refractivity contribution is 0.149. The maximum atomic E-state index is 13.7. The Morgan fingerprint density at radius 1 is 1.25 bits per heavy atom. The molecule has 2 N–H and O–H groups in total. The number of anilines is 1. The third-order valence-corrected chi connectivity index (χ3v) is 7.49. The third kappa shape index (κ3) is 5.28. The molecule has 0 saturated heterocycles. The number of sulfonamides is 1. The van der Waals surface area contributed by atoms with Crippen LogP contribution >= 0.6 is 11.3 Å². The molecule has 0 spiro atoms. The first-order valence-electron chi connectivity index (χ1n) is 9.45. The molecular weight excluding hydrogens is 401 g/mol. The standard InChI is InChI=1S/C19H26FN3O3S2/c1-13(2)28(24,25)22-9-11-26-10-8-21-19-23-18-16-12-15(20)7-6-14(16)4-3-5-17(18)27-19/h6-7,12-13,22H,3-5,8-11H2,1-2H3,(H,21,23). The molecule has 1 aliphatic carbocycles. The zero-order valence-corrected chi connectivity index (χ0v) is 17.8. The van der Waals surface area contributed by atoms with Crippen LogP contribution in [0.3, 0.4) is 0 Å². The minimum Gasteiger partial charge on any atom is -0.378 e. The van der Waals surface area contributed by atoms with Gasteiger partial charge in [-0.15, -0.1) is 11.3 Å². The number of hydrogen-bond donors (Lipinski definition) is 2. The van der Waals surface area contributed by atoms with Gasteiger partial charge in [0.1, 0.15) is 5.82 Å². The number of nitrogens with zero attached hydrogens (tertiary/aromatic N) is 1. The van der Waals surface area contributed by atoms with E-state index in [1.54, 1.807) is 31.3 Å². The Morgan fingerprint density at radius 3 is 2.82 bits per heavy atom. The van der Waals surface area contributed by atoms with Crippen molar-refractivity contribution in [1.82, 2.24) is 9.71 Å². The number of benzene rings is 1. The number of hydrogen-bond acceptors (Lipinski definition) is 6. The van der Waals surface area contributed by atoms with E-state index in [4.69, 9.17) is 4.74 Å². The fourth-order valence-electron chi connectivity index (χ4n) is 2.99. The Kier molecular flexibility index (Phi) is 7.03. The van der Waals surface area contributed by atoms with Crippen LogP contribution in [-0.4, -0.2) is 45.0 Å². The molecule has 0 atom stereocenters. The van der Waals surface area contributed by atoms with Gasteiger partial charge in [0, 0.05) is 23.5 Å². The third-order valence-electron chi connectivity index (χ3n) is 4.57. The van der Waals surface area contributed by atoms with Crippen molar-refractivity contribution in [2.45, 2.75) is 38.4 Å². The molecule has 0 fully saturated rings. The Morgan fingerprint density at radius 2 is 2.04 bits per heavy atom. The normalized spacial score (nSPS) is 13.9. The summed E-state index contributed by atoms with van der Waals surface area (Å²) in [6, 6.07) is 4.94. The first-order valence-corrected chi connectivity index (χ1v) is 11.8. The summed E-state index contributed by atoms with van der Waals surface area (Å²) in [6.07, 6.45) is 2.91. The van der Waals surface area contributed by atoms with Crippen molar-refractivity contribution in [1.29, 1.82) is 0 Å². The zero-order valence-electron chi connectivity index (χ0n) is 16.1. The average Bonchev–Trinajstić information content (AvgIpc) is 2.97. The van der Waals surface area contributed by atoms with Crippen LogP contribution < -0.4 is 10.0 Å². The van der Waals surface area contributed by atoms with Crippen molar-refractivity contribution in [2.75, 3.05) is 31.6 Å². The molecule has 9 heteroatoms. The molecule has 0 amide bonds. The van der Waals surface area contributed by atoms with E-state index in [0.29, 0.717) is 19.8 Å². The van der Waals surface area contributed by atoms with Gasteiger partial charge in [0.05, 0.1) is 24.2 Å². The molecule has 6 nitrogen and oxygen atoms in total. The van der Waals surface area contributed by atoms with Gasteiger partial charge < -0.3 is 10.1 Å². The predicted molar refractivity (Wildman–Crippen MR) is 111 cm³/mol. The van der Waals surface area contributed by atoms with Gasteiger partial charge >= 0.3 is 0 Å². The van der Waals surface area contributed by atoms with Gasteiger partial charge in [-0.2, -0.15) is 0 Å². The Balaban J connectivity index is 1.48. The molecule has 28 heavy (non-hydrogen) atoms. The molecule has 154 valence electrons. The molecule has 1 aliphatic rings. The maximum absolute atomic E-state index is 13.7. The Labute approximate surface area is 169 Å². The van der Waals surface area contributed by atoms with Crippen LogP contribution in [0.15, 0.2) is 18.2 Å². The van der Waals surface area contributed by atoms with E-state index in [0.717, 1.165) is 41.2 Å². The number of ether oxygens (including phenoxy) is 1. The number of aromatic nitrogens is 1. The molecule has 0 radical (unpaired) electrons. The monoisotopic (exact) mass is 427 g/mol. The molecule has 2 aromatic rings. The maximum Gasteiger partial charge on any atom is 0.214 e. The number of rotatable bonds is 9. The fraction of sp³-hybridized carbons (Fsp3) is 0.526. The van der Waals surface area contributed by atoms with Crippen LogP contribution in [0.5, 0.6) is 0 Å². The second kappa shape index (κ2) is 9.30. The molecule has 1 heterocycles. The first-order chi connectivity index (χ1) is 13.4. The van der Waals surface area contributed by atoms with Gasteiger partial charge in [0.2, 0.25) is 10.0 Å². The minimum atomic E-state index is -3.25. The van der Waals surface area contributed by atoms with Gasteiger partial charge in [0.15, 0.2) is 5.13 Å². The lowest BCUT2D eigenvalue weighted by Crippen LogP contribution is -2.33. The summed E-state index contributed by atoms with van der Waals surface area (Å²) in [6.45, 7) is 4.85. The number of thiazole rings is 1. The number of nitrogens with one attached hydrogen (secondary N) is 2. The van der Waals surface area contributed by atoms with Crippen LogP contribution in [-0.2, 0) is 27.6 Å². The van der Waals surface area contributed by atoms with E-state index in [2.05, 4.69) is 15.0 Å². The predicted octanol–water partition coefficient (Wildman–Crippen LogP) is 3.19. The molecule has 1 aromatic heterocycles. The lowest BCUT2D eigenvalue weighted by Gasteiger charge is -2.09. The van der Waals surface area contributed by atoms with Crippen molar-refractivity contribution in [2.24, 2.45) is 0 Å². The van der Waals surface area contributed by atoms with E-state index >= 15 is 0 Å². The molecular formula is C19H26FN3O3S2. The van der Waals surface area contributed by atoms with Gasteiger partial charge in [-0.3, -0.25) is 0 Å². The summed E-state index contributed by atoms with van der Waals surface area (Å²) in [4.78, 5) is 5.85. The summed E-state index contributed by atoms with van der Waals surface area (Å²) < 4.78 is 44.9. The molecule has 1 aromatic carbocycles. The van der Waals surface area contributed by atoms with Crippen molar-refractivity contribution in [3.8, 4) is 11.3 Å². The van der Waals surface area contributed by atoms with Crippen molar-refractivity contribution in [3.63, 3.8) is 0 Å². The summed E-state index contributed by atoms with van der Waals surface area (Å²) in [7, 11) is -3.25. The van der Waals surface area contributed by atoms with Crippen LogP contribution in [0.4, 0.5) is 9.52 Å². The molecule has 3 rings (SSSR count). The lowest BCUT2D eigenvalue weighted by atomic mass is 10.0. The first kappa shape index (κ1) is 21.2. The van der Waals surface area contributed by atoms with Crippen molar-refractivity contribution >= 4 is 26.5 Å².